The van der Waals surface area contributed by atoms with Gasteiger partial charge in [-0.15, -0.1) is 0 Å². The first-order valence-corrected chi connectivity index (χ1v) is 8.72. The van der Waals surface area contributed by atoms with E-state index in [9.17, 15) is 0 Å². The molecule has 0 nitrogen and oxygen atoms in total. The first-order chi connectivity index (χ1) is 11.4. The minimum Gasteiger partial charge on any atom is -0.0620 e. The van der Waals surface area contributed by atoms with E-state index < -0.39 is 0 Å². The molecule has 0 spiro atoms. The van der Waals surface area contributed by atoms with Gasteiger partial charge in [-0.3, -0.25) is 0 Å². The molecule has 3 aromatic carbocycles. The van der Waals surface area contributed by atoms with Crippen LogP contribution in [0.5, 0.6) is 0 Å². The molecule has 6 rings (SSSR count). The Hall–Kier alpha value is -2.28. The van der Waals surface area contributed by atoms with Gasteiger partial charge >= 0.3 is 0 Å². The Morgan fingerprint density at radius 3 is 1.26 bits per heavy atom. The topological polar surface area (TPSA) is 0 Å². The molecule has 0 radical (unpaired) electrons. The van der Waals surface area contributed by atoms with E-state index in [1.807, 2.05) is 0 Å². The van der Waals surface area contributed by atoms with Crippen LogP contribution in [0.15, 0.2) is 54.6 Å². The minimum absolute atomic E-state index is 0.489. The Balaban J connectivity index is 1.80. The van der Waals surface area contributed by atoms with Crippen molar-refractivity contribution < 1.29 is 0 Å². The molecule has 108 valence electrons. The smallest absolute Gasteiger partial charge is 0.0620 e. The Bertz CT molecular complexity index is 908. The maximum Gasteiger partial charge on any atom is 0.243 e. The first kappa shape index (κ1) is 12.2. The van der Waals surface area contributed by atoms with Crippen LogP contribution >= 0.6 is 0 Å². The molecule has 23 heavy (non-hydrogen) atoms. The van der Waals surface area contributed by atoms with E-state index in [0.717, 1.165) is 12.8 Å². The Kier molecular flexibility index (Phi) is 2.21. The van der Waals surface area contributed by atoms with Gasteiger partial charge in [0.05, 0.1) is 0 Å². The zero-order chi connectivity index (χ0) is 15.0. The summed E-state index contributed by atoms with van der Waals surface area (Å²) < 4.78 is 0. The second-order valence-corrected chi connectivity index (χ2v) is 7.26. The third kappa shape index (κ3) is 1.48. The van der Waals surface area contributed by atoms with E-state index in [2.05, 4.69) is 54.6 Å². The summed E-state index contributed by atoms with van der Waals surface area (Å²) in [5.41, 5.74) is 14.3. The Labute approximate surface area is 137 Å². The van der Waals surface area contributed by atoms with Crippen LogP contribution in [0.3, 0.4) is 0 Å². The van der Waals surface area contributed by atoms with E-state index in [0.29, 0.717) is 6.71 Å². The predicted octanol–water partition coefficient (Wildman–Crippen LogP) is 2.11. The van der Waals surface area contributed by atoms with Gasteiger partial charge < -0.3 is 0 Å². The second kappa shape index (κ2) is 4.17. The maximum absolute atomic E-state index is 2.37. The van der Waals surface area contributed by atoms with Crippen molar-refractivity contribution in [3.63, 3.8) is 0 Å². The van der Waals surface area contributed by atoms with Gasteiger partial charge in [-0.25, -0.2) is 0 Å². The molecule has 0 unspecified atom stereocenters. The average Bonchev–Trinajstić information content (AvgIpc) is 2.75. The van der Waals surface area contributed by atoms with Crippen LogP contribution in [0.25, 0.3) is 0 Å². The lowest BCUT2D eigenvalue weighted by molar-refractivity contribution is 0.972. The summed E-state index contributed by atoms with van der Waals surface area (Å²) >= 11 is 0. The maximum atomic E-state index is 2.37. The monoisotopic (exact) mass is 292 g/mol. The van der Waals surface area contributed by atoms with Crippen LogP contribution in [-0.4, -0.2) is 6.71 Å². The van der Waals surface area contributed by atoms with Gasteiger partial charge in [-0.05, 0) is 47.9 Å². The summed E-state index contributed by atoms with van der Waals surface area (Å²) in [4.78, 5) is 0. The predicted molar refractivity (Wildman–Crippen MR) is 97.0 cm³/mol. The summed E-state index contributed by atoms with van der Waals surface area (Å²) in [6, 6.07) is 21.0. The van der Waals surface area contributed by atoms with Gasteiger partial charge in [-0.1, -0.05) is 82.1 Å². The fraction of sp³-hybridized carbons (Fsp3) is 0.182. The van der Waals surface area contributed by atoms with Crippen LogP contribution in [-0.2, 0) is 25.7 Å². The zero-order valence-corrected chi connectivity index (χ0v) is 13.1. The molecule has 3 aliphatic rings. The molecule has 0 atom stereocenters. The summed E-state index contributed by atoms with van der Waals surface area (Å²) in [6.07, 6.45) is 4.60. The second-order valence-electron chi connectivity index (χ2n) is 7.26. The molecule has 3 aliphatic heterocycles. The molecular formula is C22H17B. The van der Waals surface area contributed by atoms with Crippen LogP contribution in [0.2, 0.25) is 0 Å². The largest absolute Gasteiger partial charge is 0.243 e. The summed E-state index contributed by atoms with van der Waals surface area (Å²) in [5, 5.41) is 0. The minimum atomic E-state index is 0.489. The van der Waals surface area contributed by atoms with Crippen molar-refractivity contribution in [2.45, 2.75) is 25.7 Å². The van der Waals surface area contributed by atoms with Crippen LogP contribution in [0.4, 0.5) is 0 Å². The fourth-order valence-corrected chi connectivity index (χ4v) is 5.28. The van der Waals surface area contributed by atoms with Crippen LogP contribution < -0.4 is 16.4 Å². The Morgan fingerprint density at radius 2 is 0.826 bits per heavy atom. The van der Waals surface area contributed by atoms with Gasteiger partial charge in [0, 0.05) is 0 Å². The third-order valence-electron chi connectivity index (χ3n) is 6.15. The molecule has 0 saturated carbocycles. The van der Waals surface area contributed by atoms with E-state index in [-0.39, 0.29) is 0 Å². The molecule has 0 N–H and O–H groups in total. The highest BCUT2D eigenvalue weighted by Crippen LogP contribution is 2.26. The van der Waals surface area contributed by atoms with Crippen molar-refractivity contribution in [3.05, 3.63) is 88.0 Å². The molecule has 3 aromatic rings. The van der Waals surface area contributed by atoms with Gasteiger partial charge in [0.1, 0.15) is 0 Å². The number of hydrogen-bond acceptors (Lipinski definition) is 0. The molecule has 0 amide bonds. The van der Waals surface area contributed by atoms with E-state index in [1.165, 1.54) is 12.8 Å². The average molecular weight is 292 g/mol. The molecule has 0 bridgehead atoms. The quantitative estimate of drug-likeness (QED) is 0.384. The van der Waals surface area contributed by atoms with Gasteiger partial charge in [0.25, 0.3) is 0 Å². The highest BCUT2D eigenvalue weighted by Gasteiger charge is 2.40. The molecular weight excluding hydrogens is 275 g/mol. The third-order valence-corrected chi connectivity index (χ3v) is 6.15. The molecule has 0 saturated heterocycles. The summed E-state index contributed by atoms with van der Waals surface area (Å²) in [6.45, 7) is 0.489. The normalized spacial score (nSPS) is 15.9. The van der Waals surface area contributed by atoms with Gasteiger partial charge in [0.15, 0.2) is 0 Å². The van der Waals surface area contributed by atoms with Crippen molar-refractivity contribution in [2.75, 3.05) is 0 Å². The highest BCUT2D eigenvalue weighted by atomic mass is 14.3. The van der Waals surface area contributed by atoms with Crippen molar-refractivity contribution in [1.82, 2.24) is 0 Å². The van der Waals surface area contributed by atoms with Crippen molar-refractivity contribution in [2.24, 2.45) is 0 Å². The van der Waals surface area contributed by atoms with Crippen molar-refractivity contribution in [1.29, 1.82) is 0 Å². The summed E-state index contributed by atoms with van der Waals surface area (Å²) in [7, 11) is 0. The number of rotatable bonds is 0. The van der Waals surface area contributed by atoms with Crippen molar-refractivity contribution in [3.8, 4) is 0 Å². The molecule has 0 aromatic heterocycles. The summed E-state index contributed by atoms with van der Waals surface area (Å²) in [5.74, 6) is 0. The van der Waals surface area contributed by atoms with Gasteiger partial charge in [0.2, 0.25) is 6.71 Å². The number of aryl methyl sites for hydroxylation is 2. The molecule has 0 fully saturated rings. The zero-order valence-electron chi connectivity index (χ0n) is 13.1. The molecule has 1 heteroatoms. The van der Waals surface area contributed by atoms with Crippen molar-refractivity contribution >= 4 is 23.1 Å². The molecule has 0 aliphatic carbocycles. The Morgan fingerprint density at radius 1 is 0.478 bits per heavy atom. The SMILES string of the molecule is c1cc2c3c(c1)Cc1cccc4c1B3c1c(cccc1C4)CC2. The van der Waals surface area contributed by atoms with Gasteiger partial charge in [-0.2, -0.15) is 0 Å². The van der Waals surface area contributed by atoms with E-state index in [4.69, 9.17) is 0 Å². The molecule has 3 heterocycles. The van der Waals surface area contributed by atoms with Crippen LogP contribution in [0.1, 0.15) is 33.4 Å². The lowest BCUT2D eigenvalue weighted by Gasteiger charge is -2.34. The number of hydrogen-bond donors (Lipinski definition) is 0. The first-order valence-electron chi connectivity index (χ1n) is 8.72. The standard InChI is InChI=1S/C22H17B/c1-4-14-10-11-15-5-2-7-17-13-19-9-3-8-18-12-16(6-1)20(14)23(21(15)17)22(18)19/h1-9H,10-13H2. The van der Waals surface area contributed by atoms with Crippen LogP contribution in [0, 0.1) is 0 Å². The number of benzene rings is 3. The highest BCUT2D eigenvalue weighted by molar-refractivity contribution is 6.98. The van der Waals surface area contributed by atoms with E-state index >= 15 is 0 Å². The lowest BCUT2D eigenvalue weighted by Crippen LogP contribution is -2.62. The van der Waals surface area contributed by atoms with E-state index in [1.54, 1.807) is 49.8 Å². The fourth-order valence-electron chi connectivity index (χ4n) is 5.28. The lowest BCUT2D eigenvalue weighted by atomic mass is 9.30.